The zero-order chi connectivity index (χ0) is 13.4. The molecule has 2 N–H and O–H groups in total. The fourth-order valence-corrected chi connectivity index (χ4v) is 2.61. The largest absolute Gasteiger partial charge is 0.451 e. The summed E-state index contributed by atoms with van der Waals surface area (Å²) in [6.07, 6.45) is 1.89. The molecule has 4 nitrogen and oxygen atoms in total. The Balaban J connectivity index is 1.93. The van der Waals surface area contributed by atoms with E-state index < -0.39 is 0 Å². The maximum atomic E-state index is 13.1. The van der Waals surface area contributed by atoms with Gasteiger partial charge in [-0.05, 0) is 37.1 Å². The first-order chi connectivity index (χ1) is 9.19. The van der Waals surface area contributed by atoms with Gasteiger partial charge in [-0.15, -0.1) is 0 Å². The van der Waals surface area contributed by atoms with Crippen molar-refractivity contribution in [1.29, 1.82) is 0 Å². The molecular weight excluding hydrogens is 247 g/mol. The number of rotatable bonds is 2. The lowest BCUT2D eigenvalue weighted by Crippen LogP contribution is -2.39. The van der Waals surface area contributed by atoms with Crippen molar-refractivity contribution in [3.8, 4) is 0 Å². The summed E-state index contributed by atoms with van der Waals surface area (Å²) < 4.78 is 18.6. The van der Waals surface area contributed by atoms with Crippen molar-refractivity contribution in [2.24, 2.45) is 5.73 Å². The molecule has 1 aromatic heterocycles. The number of likely N-dealkylation sites (tertiary alicyclic amines) is 1. The lowest BCUT2D eigenvalue weighted by Gasteiger charge is -2.22. The molecule has 2 heterocycles. The number of hydrogen-bond acceptors (Lipinski definition) is 3. The van der Waals surface area contributed by atoms with Gasteiger partial charge in [0, 0.05) is 24.5 Å². The van der Waals surface area contributed by atoms with Gasteiger partial charge in [-0.1, -0.05) is 0 Å². The van der Waals surface area contributed by atoms with Crippen LogP contribution in [-0.2, 0) is 0 Å². The molecule has 0 bridgehead atoms. The third-order valence-electron chi connectivity index (χ3n) is 3.60. The molecule has 1 atom stereocenters. The lowest BCUT2D eigenvalue weighted by atomic mass is 10.2. The number of furan rings is 1. The molecule has 19 heavy (non-hydrogen) atoms. The Morgan fingerprint density at radius 3 is 3.11 bits per heavy atom. The summed E-state index contributed by atoms with van der Waals surface area (Å²) in [6.45, 7) is 1.16. The fourth-order valence-electron chi connectivity index (χ4n) is 2.61. The number of carbonyl (C=O) groups excluding carboxylic acids is 1. The molecule has 0 radical (unpaired) electrons. The van der Waals surface area contributed by atoms with E-state index in [4.69, 9.17) is 10.2 Å². The van der Waals surface area contributed by atoms with E-state index in [1.54, 1.807) is 11.0 Å². The molecule has 1 aliphatic heterocycles. The number of amides is 1. The summed E-state index contributed by atoms with van der Waals surface area (Å²) in [5.74, 6) is -0.251. The molecule has 0 aliphatic carbocycles. The Bertz CT molecular complexity index is 623. The molecule has 0 unspecified atom stereocenters. The van der Waals surface area contributed by atoms with E-state index >= 15 is 0 Å². The Morgan fingerprint density at radius 2 is 2.32 bits per heavy atom. The van der Waals surface area contributed by atoms with E-state index in [2.05, 4.69) is 0 Å². The first-order valence-electron chi connectivity index (χ1n) is 6.39. The number of benzene rings is 1. The Hall–Kier alpha value is -1.88. The predicted molar refractivity (Wildman–Crippen MR) is 69.3 cm³/mol. The minimum Gasteiger partial charge on any atom is -0.451 e. The third kappa shape index (κ3) is 2.10. The summed E-state index contributed by atoms with van der Waals surface area (Å²) in [5, 5.41) is 0.604. The number of nitrogens with two attached hydrogens (primary N) is 1. The van der Waals surface area contributed by atoms with Crippen LogP contribution in [0.5, 0.6) is 0 Å². The van der Waals surface area contributed by atoms with Gasteiger partial charge in [-0.25, -0.2) is 4.39 Å². The van der Waals surface area contributed by atoms with E-state index in [0.717, 1.165) is 12.8 Å². The minimum absolute atomic E-state index is 0.0810. The van der Waals surface area contributed by atoms with Crippen LogP contribution < -0.4 is 5.73 Å². The van der Waals surface area contributed by atoms with E-state index in [-0.39, 0.29) is 23.5 Å². The molecule has 0 spiro atoms. The molecule has 1 fully saturated rings. The summed E-state index contributed by atoms with van der Waals surface area (Å²) in [7, 11) is 0. The van der Waals surface area contributed by atoms with Gasteiger partial charge < -0.3 is 15.1 Å². The van der Waals surface area contributed by atoms with Crippen LogP contribution in [0, 0.1) is 5.82 Å². The van der Waals surface area contributed by atoms with Crippen LogP contribution in [0.15, 0.2) is 28.7 Å². The highest BCUT2D eigenvalue weighted by molar-refractivity contribution is 5.96. The average molecular weight is 262 g/mol. The van der Waals surface area contributed by atoms with Gasteiger partial charge in [-0.3, -0.25) is 4.79 Å². The van der Waals surface area contributed by atoms with Crippen molar-refractivity contribution in [2.45, 2.75) is 18.9 Å². The van der Waals surface area contributed by atoms with Gasteiger partial charge in [0.2, 0.25) is 0 Å². The molecular formula is C14H15FN2O2. The highest BCUT2D eigenvalue weighted by Crippen LogP contribution is 2.24. The summed E-state index contributed by atoms with van der Waals surface area (Å²) in [4.78, 5) is 14.1. The fraction of sp³-hybridized carbons (Fsp3) is 0.357. The van der Waals surface area contributed by atoms with Crippen LogP contribution in [0.1, 0.15) is 23.4 Å². The van der Waals surface area contributed by atoms with Crippen LogP contribution in [0.2, 0.25) is 0 Å². The first-order valence-corrected chi connectivity index (χ1v) is 6.39. The van der Waals surface area contributed by atoms with Gasteiger partial charge in [0.05, 0.1) is 0 Å². The van der Waals surface area contributed by atoms with Crippen LogP contribution >= 0.6 is 0 Å². The molecule has 2 aromatic rings. The molecule has 3 rings (SSSR count). The minimum atomic E-state index is -0.340. The molecule has 1 aromatic carbocycles. The number of nitrogens with zero attached hydrogens (tertiary/aromatic N) is 1. The highest BCUT2D eigenvalue weighted by Gasteiger charge is 2.30. The Morgan fingerprint density at radius 1 is 1.47 bits per heavy atom. The van der Waals surface area contributed by atoms with Crippen LogP contribution in [0.4, 0.5) is 4.39 Å². The van der Waals surface area contributed by atoms with Gasteiger partial charge in [0.1, 0.15) is 11.4 Å². The Kier molecular flexibility index (Phi) is 2.98. The predicted octanol–water partition coefficient (Wildman–Crippen LogP) is 2.14. The maximum Gasteiger partial charge on any atom is 0.289 e. The smallest absolute Gasteiger partial charge is 0.289 e. The summed E-state index contributed by atoms with van der Waals surface area (Å²) >= 11 is 0. The van der Waals surface area contributed by atoms with Crippen molar-refractivity contribution in [2.75, 3.05) is 13.1 Å². The van der Waals surface area contributed by atoms with Crippen molar-refractivity contribution in [1.82, 2.24) is 4.90 Å². The van der Waals surface area contributed by atoms with E-state index in [0.29, 0.717) is 24.1 Å². The zero-order valence-corrected chi connectivity index (χ0v) is 10.4. The first kappa shape index (κ1) is 12.2. The quantitative estimate of drug-likeness (QED) is 0.902. The standard InChI is InChI=1S/C14H15FN2O2/c15-10-3-4-12-9(6-10)7-13(19-12)14(18)17-5-1-2-11(17)8-16/h3-4,6-7,11H,1-2,5,8,16H2/t11-/m0/s1. The zero-order valence-electron chi connectivity index (χ0n) is 10.4. The molecule has 100 valence electrons. The van der Waals surface area contributed by atoms with Gasteiger partial charge in [0.15, 0.2) is 5.76 Å². The van der Waals surface area contributed by atoms with E-state index in [1.807, 2.05) is 0 Å². The monoisotopic (exact) mass is 262 g/mol. The SMILES string of the molecule is NC[C@@H]1CCCN1C(=O)c1cc2cc(F)ccc2o1. The number of halogens is 1. The molecule has 5 heteroatoms. The Labute approximate surface area is 110 Å². The molecule has 0 saturated carbocycles. The number of hydrogen-bond donors (Lipinski definition) is 1. The number of fused-ring (bicyclic) bond motifs is 1. The highest BCUT2D eigenvalue weighted by atomic mass is 19.1. The second-order valence-electron chi connectivity index (χ2n) is 4.82. The van der Waals surface area contributed by atoms with Gasteiger partial charge in [-0.2, -0.15) is 0 Å². The topological polar surface area (TPSA) is 59.5 Å². The van der Waals surface area contributed by atoms with Gasteiger partial charge >= 0.3 is 0 Å². The molecule has 1 saturated heterocycles. The van der Waals surface area contributed by atoms with Crippen LogP contribution in [0.25, 0.3) is 11.0 Å². The third-order valence-corrected chi connectivity index (χ3v) is 3.60. The second kappa shape index (κ2) is 4.66. The van der Waals surface area contributed by atoms with Crippen molar-refractivity contribution in [3.05, 3.63) is 35.8 Å². The second-order valence-corrected chi connectivity index (χ2v) is 4.82. The number of carbonyl (C=O) groups is 1. The molecule has 1 aliphatic rings. The molecule has 1 amide bonds. The van der Waals surface area contributed by atoms with E-state index in [9.17, 15) is 9.18 Å². The van der Waals surface area contributed by atoms with Crippen molar-refractivity contribution < 1.29 is 13.6 Å². The van der Waals surface area contributed by atoms with Crippen molar-refractivity contribution >= 4 is 16.9 Å². The lowest BCUT2D eigenvalue weighted by molar-refractivity contribution is 0.0711. The van der Waals surface area contributed by atoms with Crippen molar-refractivity contribution in [3.63, 3.8) is 0 Å². The van der Waals surface area contributed by atoms with Crippen LogP contribution in [-0.4, -0.2) is 29.9 Å². The average Bonchev–Trinajstić information content (AvgIpc) is 3.03. The van der Waals surface area contributed by atoms with E-state index in [1.165, 1.54) is 18.2 Å². The maximum absolute atomic E-state index is 13.1. The summed E-state index contributed by atoms with van der Waals surface area (Å²) in [5.41, 5.74) is 6.18. The van der Waals surface area contributed by atoms with Crippen LogP contribution in [0.3, 0.4) is 0 Å². The normalized spacial score (nSPS) is 19.3. The summed E-state index contributed by atoms with van der Waals surface area (Å²) in [6, 6.07) is 5.88. The van der Waals surface area contributed by atoms with Gasteiger partial charge in [0.25, 0.3) is 5.91 Å².